The lowest BCUT2D eigenvalue weighted by Gasteiger charge is -1.98. The molecule has 0 aliphatic rings. The maximum atomic E-state index is 10.9. The molecule has 0 atom stereocenters. The molecule has 0 fully saturated rings. The summed E-state index contributed by atoms with van der Waals surface area (Å²) in [6.07, 6.45) is 0. The van der Waals surface area contributed by atoms with Crippen LogP contribution >= 0.6 is 0 Å². The van der Waals surface area contributed by atoms with Crippen molar-refractivity contribution in [2.45, 2.75) is 0 Å². The fourth-order valence-corrected chi connectivity index (χ4v) is 0.720. The molecule has 0 aliphatic carbocycles. The number of H-pyrrole nitrogens is 2. The minimum Gasteiger partial charge on any atom is -0.481 e. The lowest BCUT2D eigenvalue weighted by molar-refractivity contribution is 0.393. The molecular formula is C6H5N3O3. The van der Waals surface area contributed by atoms with Crippen molar-refractivity contribution in [3.05, 3.63) is 26.4 Å². The minimum atomic E-state index is -0.752. The van der Waals surface area contributed by atoms with Crippen LogP contribution in [0.15, 0.2) is 9.59 Å². The topological polar surface area (TPSA) is 98.7 Å². The molecule has 0 unspecified atom stereocenters. The normalized spacial score (nSPS) is 9.00. The van der Waals surface area contributed by atoms with Gasteiger partial charge in [0.15, 0.2) is 5.56 Å². The van der Waals surface area contributed by atoms with E-state index in [2.05, 4.69) is 9.72 Å². The number of hydrogen-bond donors (Lipinski definition) is 2. The van der Waals surface area contributed by atoms with Crippen LogP contribution in [-0.4, -0.2) is 17.1 Å². The highest BCUT2D eigenvalue weighted by Crippen LogP contribution is 2.03. The molecule has 0 radical (unpaired) electrons. The van der Waals surface area contributed by atoms with E-state index in [-0.39, 0.29) is 11.4 Å². The number of methoxy groups -OCH3 is 1. The molecular weight excluding hydrogens is 162 g/mol. The Morgan fingerprint density at radius 3 is 2.58 bits per heavy atom. The molecule has 1 rings (SSSR count). The van der Waals surface area contributed by atoms with Gasteiger partial charge in [-0.1, -0.05) is 0 Å². The zero-order chi connectivity index (χ0) is 9.14. The van der Waals surface area contributed by atoms with Gasteiger partial charge in [-0.15, -0.1) is 0 Å². The zero-order valence-corrected chi connectivity index (χ0v) is 6.17. The average Bonchev–Trinajstić information content (AvgIpc) is 2.03. The molecule has 0 saturated carbocycles. The van der Waals surface area contributed by atoms with Crippen LogP contribution in [0.1, 0.15) is 5.56 Å². The SMILES string of the molecule is COc1[nH]c(=O)[nH]c(=O)c1C#N. The predicted octanol–water partition coefficient (Wildman–Crippen LogP) is -1.06. The zero-order valence-electron chi connectivity index (χ0n) is 6.17. The van der Waals surface area contributed by atoms with E-state index in [0.717, 1.165) is 0 Å². The number of nitrogens with one attached hydrogen (secondary N) is 2. The maximum absolute atomic E-state index is 10.9. The Labute approximate surface area is 66.4 Å². The van der Waals surface area contributed by atoms with Crippen LogP contribution in [0.4, 0.5) is 0 Å². The molecule has 0 aliphatic heterocycles. The van der Waals surface area contributed by atoms with Crippen molar-refractivity contribution >= 4 is 0 Å². The fraction of sp³-hybridized carbons (Fsp3) is 0.167. The van der Waals surface area contributed by atoms with Gasteiger partial charge in [0.1, 0.15) is 6.07 Å². The van der Waals surface area contributed by atoms with Crippen LogP contribution in [-0.2, 0) is 0 Å². The van der Waals surface area contributed by atoms with Crippen molar-refractivity contribution in [2.24, 2.45) is 0 Å². The maximum Gasteiger partial charge on any atom is 0.328 e. The predicted molar refractivity (Wildman–Crippen MR) is 39.0 cm³/mol. The highest BCUT2D eigenvalue weighted by molar-refractivity contribution is 5.34. The molecule has 0 bridgehead atoms. The summed E-state index contributed by atoms with van der Waals surface area (Å²) in [6, 6.07) is 1.60. The second-order valence-electron chi connectivity index (χ2n) is 1.93. The van der Waals surface area contributed by atoms with E-state index in [1.54, 1.807) is 6.07 Å². The smallest absolute Gasteiger partial charge is 0.328 e. The van der Waals surface area contributed by atoms with Crippen LogP contribution in [0.5, 0.6) is 5.88 Å². The minimum absolute atomic E-state index is 0.119. The van der Waals surface area contributed by atoms with Crippen LogP contribution < -0.4 is 16.0 Å². The Balaban J connectivity index is 3.58. The van der Waals surface area contributed by atoms with Crippen molar-refractivity contribution in [3.63, 3.8) is 0 Å². The number of hydrogen-bond acceptors (Lipinski definition) is 4. The Bertz CT molecular complexity index is 437. The number of ether oxygens (including phenoxy) is 1. The number of aromatic amines is 2. The van der Waals surface area contributed by atoms with Gasteiger partial charge in [-0.05, 0) is 0 Å². The molecule has 0 aromatic carbocycles. The summed E-state index contributed by atoms with van der Waals surface area (Å²) in [5.41, 5.74) is -1.69. The van der Waals surface area contributed by atoms with Gasteiger partial charge >= 0.3 is 5.69 Å². The summed E-state index contributed by atoms with van der Waals surface area (Å²) in [4.78, 5) is 25.6. The number of nitrogens with zero attached hydrogens (tertiary/aromatic N) is 1. The van der Waals surface area contributed by atoms with Gasteiger partial charge in [-0.25, -0.2) is 4.79 Å². The molecule has 0 spiro atoms. The number of nitriles is 1. The van der Waals surface area contributed by atoms with Gasteiger partial charge in [-0.3, -0.25) is 14.8 Å². The average molecular weight is 167 g/mol. The van der Waals surface area contributed by atoms with Crippen LogP contribution in [0.3, 0.4) is 0 Å². The van der Waals surface area contributed by atoms with Gasteiger partial charge < -0.3 is 4.74 Å². The van der Waals surface area contributed by atoms with Crippen LogP contribution in [0.25, 0.3) is 0 Å². The van der Waals surface area contributed by atoms with Crippen LogP contribution in [0.2, 0.25) is 0 Å². The second kappa shape index (κ2) is 2.92. The van der Waals surface area contributed by atoms with Gasteiger partial charge in [0.2, 0.25) is 5.88 Å². The molecule has 6 heteroatoms. The monoisotopic (exact) mass is 167 g/mol. The molecule has 12 heavy (non-hydrogen) atoms. The van der Waals surface area contributed by atoms with Crippen LogP contribution in [0, 0.1) is 11.3 Å². The van der Waals surface area contributed by atoms with E-state index in [0.29, 0.717) is 0 Å². The first-order valence-corrected chi connectivity index (χ1v) is 2.99. The quantitative estimate of drug-likeness (QED) is 0.557. The summed E-state index contributed by atoms with van der Waals surface area (Å²) >= 11 is 0. The number of rotatable bonds is 1. The lowest BCUT2D eigenvalue weighted by Crippen LogP contribution is -2.25. The van der Waals surface area contributed by atoms with Gasteiger partial charge in [0.25, 0.3) is 5.56 Å². The van der Waals surface area contributed by atoms with Crippen molar-refractivity contribution in [1.82, 2.24) is 9.97 Å². The number of aromatic nitrogens is 2. The van der Waals surface area contributed by atoms with Gasteiger partial charge in [0, 0.05) is 0 Å². The molecule has 0 saturated heterocycles. The van der Waals surface area contributed by atoms with Crippen molar-refractivity contribution in [1.29, 1.82) is 5.26 Å². The molecule has 62 valence electrons. The third kappa shape index (κ3) is 1.20. The molecule has 2 N–H and O–H groups in total. The Morgan fingerprint density at radius 1 is 1.42 bits per heavy atom. The molecule has 0 amide bonds. The van der Waals surface area contributed by atoms with Crippen molar-refractivity contribution in [3.8, 4) is 11.9 Å². The first-order chi connectivity index (χ1) is 5.69. The summed E-state index contributed by atoms with van der Waals surface area (Å²) < 4.78 is 4.60. The fourth-order valence-electron chi connectivity index (χ4n) is 0.720. The van der Waals surface area contributed by atoms with Crippen molar-refractivity contribution < 1.29 is 4.74 Å². The first kappa shape index (κ1) is 8.07. The molecule has 1 aromatic rings. The molecule has 1 aromatic heterocycles. The highest BCUT2D eigenvalue weighted by atomic mass is 16.5. The summed E-state index contributed by atoms with van der Waals surface area (Å²) in [7, 11) is 1.26. The first-order valence-electron chi connectivity index (χ1n) is 2.99. The summed E-state index contributed by atoms with van der Waals surface area (Å²) in [5, 5.41) is 8.45. The van der Waals surface area contributed by atoms with E-state index < -0.39 is 11.2 Å². The largest absolute Gasteiger partial charge is 0.481 e. The van der Waals surface area contributed by atoms with E-state index in [1.807, 2.05) is 4.98 Å². The third-order valence-corrected chi connectivity index (χ3v) is 1.22. The lowest BCUT2D eigenvalue weighted by atomic mass is 10.3. The second-order valence-corrected chi connectivity index (χ2v) is 1.93. The van der Waals surface area contributed by atoms with E-state index >= 15 is 0 Å². The third-order valence-electron chi connectivity index (χ3n) is 1.22. The highest BCUT2D eigenvalue weighted by Gasteiger charge is 2.07. The van der Waals surface area contributed by atoms with Crippen molar-refractivity contribution in [2.75, 3.05) is 7.11 Å². The van der Waals surface area contributed by atoms with Gasteiger partial charge in [-0.2, -0.15) is 5.26 Å². The summed E-state index contributed by atoms with van der Waals surface area (Å²) in [6.45, 7) is 0. The Hall–Kier alpha value is -2.03. The Kier molecular flexibility index (Phi) is 1.96. The van der Waals surface area contributed by atoms with Gasteiger partial charge in [0.05, 0.1) is 7.11 Å². The molecule has 6 nitrogen and oxygen atoms in total. The Morgan fingerprint density at radius 2 is 2.08 bits per heavy atom. The summed E-state index contributed by atoms with van der Waals surface area (Å²) in [5.74, 6) is -0.119. The van der Waals surface area contributed by atoms with E-state index in [1.165, 1.54) is 7.11 Å². The standard InChI is InChI=1S/C6H5N3O3/c1-12-5-3(2-7)4(10)8-6(11)9-5/h1H3,(H2,8,9,10,11). The van der Waals surface area contributed by atoms with E-state index in [9.17, 15) is 9.59 Å². The molecule has 1 heterocycles. The van der Waals surface area contributed by atoms with E-state index in [4.69, 9.17) is 5.26 Å².